The van der Waals surface area contributed by atoms with E-state index in [9.17, 15) is 4.79 Å². The van der Waals surface area contributed by atoms with Gasteiger partial charge in [-0.15, -0.1) is 0 Å². The van der Waals surface area contributed by atoms with Gasteiger partial charge < -0.3 is 4.90 Å². The number of hydrogen-bond donors (Lipinski definition) is 0. The zero-order valence-corrected chi connectivity index (χ0v) is 10.6. The van der Waals surface area contributed by atoms with Gasteiger partial charge in [0.1, 0.15) is 0 Å². The van der Waals surface area contributed by atoms with Crippen LogP contribution in [0.25, 0.3) is 0 Å². The van der Waals surface area contributed by atoms with Crippen LogP contribution in [0.15, 0.2) is 24.3 Å². The molecular formula is C15H20NO. The van der Waals surface area contributed by atoms with Crippen LogP contribution in [-0.4, -0.2) is 23.9 Å². The van der Waals surface area contributed by atoms with Crippen molar-refractivity contribution in [2.75, 3.05) is 13.1 Å². The average molecular weight is 230 g/mol. The first-order valence-corrected chi connectivity index (χ1v) is 6.27. The fraction of sp³-hybridized carbons (Fsp3) is 0.467. The highest BCUT2D eigenvalue weighted by Crippen LogP contribution is 2.22. The van der Waals surface area contributed by atoms with Gasteiger partial charge in [-0.3, -0.25) is 4.79 Å². The second-order valence-electron chi connectivity index (χ2n) is 5.35. The van der Waals surface area contributed by atoms with Crippen LogP contribution in [0.4, 0.5) is 0 Å². The summed E-state index contributed by atoms with van der Waals surface area (Å²) in [4.78, 5) is 14.3. The molecule has 2 heteroatoms. The number of likely N-dealkylation sites (tertiary alicyclic amines) is 1. The molecule has 1 amide bonds. The number of benzene rings is 1. The van der Waals surface area contributed by atoms with Crippen LogP contribution in [0.2, 0.25) is 0 Å². The molecule has 0 aliphatic carbocycles. The van der Waals surface area contributed by atoms with E-state index < -0.39 is 0 Å². The molecule has 1 saturated heterocycles. The molecule has 2 unspecified atom stereocenters. The van der Waals surface area contributed by atoms with Gasteiger partial charge in [-0.25, -0.2) is 0 Å². The highest BCUT2D eigenvalue weighted by molar-refractivity contribution is 5.94. The molecule has 2 atom stereocenters. The lowest BCUT2D eigenvalue weighted by atomic mass is 9.91. The van der Waals surface area contributed by atoms with Crippen molar-refractivity contribution in [3.8, 4) is 0 Å². The monoisotopic (exact) mass is 230 g/mol. The molecule has 0 spiro atoms. The van der Waals surface area contributed by atoms with Crippen molar-refractivity contribution >= 4 is 5.91 Å². The molecule has 1 fully saturated rings. The minimum absolute atomic E-state index is 0.156. The van der Waals surface area contributed by atoms with Crippen LogP contribution in [0, 0.1) is 18.8 Å². The Hall–Kier alpha value is -1.31. The normalized spacial score (nSPS) is 24.8. The molecule has 0 aromatic heterocycles. The van der Waals surface area contributed by atoms with E-state index in [1.165, 1.54) is 6.42 Å². The minimum atomic E-state index is 0.156. The maximum Gasteiger partial charge on any atom is 0.253 e. The third-order valence-electron chi connectivity index (χ3n) is 3.36. The number of nitrogens with zero attached hydrogens (tertiary/aromatic N) is 1. The second-order valence-corrected chi connectivity index (χ2v) is 5.35. The minimum Gasteiger partial charge on any atom is -0.338 e. The smallest absolute Gasteiger partial charge is 0.253 e. The molecule has 1 aromatic rings. The van der Waals surface area contributed by atoms with E-state index in [4.69, 9.17) is 0 Å². The molecule has 1 aliphatic heterocycles. The van der Waals surface area contributed by atoms with Crippen LogP contribution < -0.4 is 0 Å². The van der Waals surface area contributed by atoms with Crippen LogP contribution in [0.3, 0.4) is 0 Å². The first-order valence-electron chi connectivity index (χ1n) is 6.27. The highest BCUT2D eigenvalue weighted by atomic mass is 16.2. The van der Waals surface area contributed by atoms with Crippen molar-refractivity contribution in [3.63, 3.8) is 0 Å². The molecular weight excluding hydrogens is 210 g/mol. The van der Waals surface area contributed by atoms with E-state index in [-0.39, 0.29) is 5.91 Å². The molecule has 2 nitrogen and oxygen atoms in total. The quantitative estimate of drug-likeness (QED) is 0.726. The van der Waals surface area contributed by atoms with Crippen molar-refractivity contribution in [2.24, 2.45) is 11.8 Å². The van der Waals surface area contributed by atoms with Gasteiger partial charge in [-0.1, -0.05) is 26.0 Å². The second kappa shape index (κ2) is 4.91. The fourth-order valence-electron chi connectivity index (χ4n) is 2.66. The lowest BCUT2D eigenvalue weighted by Crippen LogP contribution is -2.42. The fourth-order valence-corrected chi connectivity index (χ4v) is 2.66. The van der Waals surface area contributed by atoms with Gasteiger partial charge in [-0.05, 0) is 42.9 Å². The van der Waals surface area contributed by atoms with E-state index in [0.29, 0.717) is 11.8 Å². The lowest BCUT2D eigenvalue weighted by molar-refractivity contribution is 0.0623. The van der Waals surface area contributed by atoms with Crippen molar-refractivity contribution in [1.82, 2.24) is 4.90 Å². The lowest BCUT2D eigenvalue weighted by Gasteiger charge is -2.35. The average Bonchev–Trinajstić information content (AvgIpc) is 2.28. The zero-order valence-electron chi connectivity index (χ0n) is 10.6. The Labute approximate surface area is 104 Å². The number of piperidine rings is 1. The van der Waals surface area contributed by atoms with E-state index in [0.717, 1.165) is 24.2 Å². The molecule has 0 N–H and O–H groups in total. The summed E-state index contributed by atoms with van der Waals surface area (Å²) in [6.07, 6.45) is 1.22. The summed E-state index contributed by atoms with van der Waals surface area (Å²) in [5, 5.41) is 0. The van der Waals surface area contributed by atoms with Crippen molar-refractivity contribution in [1.29, 1.82) is 0 Å². The summed E-state index contributed by atoms with van der Waals surface area (Å²) in [7, 11) is 0. The molecule has 2 rings (SSSR count). The number of hydrogen-bond acceptors (Lipinski definition) is 1. The molecule has 1 aromatic carbocycles. The van der Waals surface area contributed by atoms with Crippen LogP contribution >= 0.6 is 0 Å². The Morgan fingerprint density at radius 3 is 2.24 bits per heavy atom. The molecule has 1 aliphatic rings. The summed E-state index contributed by atoms with van der Waals surface area (Å²) in [5.41, 5.74) is 1.72. The maximum atomic E-state index is 12.3. The Balaban J connectivity index is 2.11. The summed E-state index contributed by atoms with van der Waals surface area (Å²) < 4.78 is 0. The summed E-state index contributed by atoms with van der Waals surface area (Å²) in [5.74, 6) is 1.37. The Morgan fingerprint density at radius 1 is 1.18 bits per heavy atom. The number of carbonyl (C=O) groups excluding carboxylic acids is 1. The zero-order chi connectivity index (χ0) is 12.4. The van der Waals surface area contributed by atoms with Gasteiger partial charge in [-0.2, -0.15) is 0 Å². The third kappa shape index (κ3) is 2.87. The SMILES string of the molecule is [CH2]c1ccc(C(=O)N2CC(C)CC(C)C2)cc1. The first-order chi connectivity index (χ1) is 8.06. The highest BCUT2D eigenvalue weighted by Gasteiger charge is 2.25. The molecule has 1 heterocycles. The topological polar surface area (TPSA) is 20.3 Å². The molecule has 0 bridgehead atoms. The largest absolute Gasteiger partial charge is 0.338 e. The van der Waals surface area contributed by atoms with E-state index in [1.54, 1.807) is 0 Å². The van der Waals surface area contributed by atoms with Gasteiger partial charge in [0.05, 0.1) is 0 Å². The van der Waals surface area contributed by atoms with Crippen molar-refractivity contribution in [3.05, 3.63) is 42.3 Å². The van der Waals surface area contributed by atoms with Gasteiger partial charge in [0, 0.05) is 18.7 Å². The summed E-state index contributed by atoms with van der Waals surface area (Å²) in [6.45, 7) is 10.0. The Bertz CT molecular complexity index is 386. The number of rotatable bonds is 1. The van der Waals surface area contributed by atoms with Gasteiger partial charge >= 0.3 is 0 Å². The van der Waals surface area contributed by atoms with E-state index in [1.807, 2.05) is 29.2 Å². The van der Waals surface area contributed by atoms with Gasteiger partial charge in [0.25, 0.3) is 5.91 Å². The predicted molar refractivity (Wildman–Crippen MR) is 69.7 cm³/mol. The molecule has 1 radical (unpaired) electrons. The van der Waals surface area contributed by atoms with Crippen molar-refractivity contribution in [2.45, 2.75) is 20.3 Å². The molecule has 0 saturated carbocycles. The number of amides is 1. The molecule has 91 valence electrons. The van der Waals surface area contributed by atoms with E-state index >= 15 is 0 Å². The molecule has 17 heavy (non-hydrogen) atoms. The predicted octanol–water partition coefficient (Wildman–Crippen LogP) is 2.99. The number of carbonyl (C=O) groups is 1. The Morgan fingerprint density at radius 2 is 1.71 bits per heavy atom. The summed E-state index contributed by atoms with van der Waals surface area (Å²) >= 11 is 0. The van der Waals surface area contributed by atoms with Crippen LogP contribution in [0.1, 0.15) is 36.2 Å². The maximum absolute atomic E-state index is 12.3. The summed E-state index contributed by atoms with van der Waals surface area (Å²) in [6, 6.07) is 7.53. The van der Waals surface area contributed by atoms with Gasteiger partial charge in [0.2, 0.25) is 0 Å². The Kier molecular flexibility index (Phi) is 3.51. The standard InChI is InChI=1S/C15H20NO/c1-11-4-6-14(7-5-11)15(17)16-9-12(2)8-13(3)10-16/h4-7,12-13H,1,8-10H2,2-3H3. The van der Waals surface area contributed by atoms with Crippen LogP contribution in [-0.2, 0) is 0 Å². The van der Waals surface area contributed by atoms with Crippen molar-refractivity contribution < 1.29 is 4.79 Å². The van der Waals surface area contributed by atoms with Gasteiger partial charge in [0.15, 0.2) is 0 Å². The van der Waals surface area contributed by atoms with E-state index in [2.05, 4.69) is 20.8 Å². The third-order valence-corrected chi connectivity index (χ3v) is 3.36. The first kappa shape index (κ1) is 12.2. The van der Waals surface area contributed by atoms with Crippen LogP contribution in [0.5, 0.6) is 0 Å².